The number of carbonyl (C=O) groups excluding carboxylic acids is 1. The summed E-state index contributed by atoms with van der Waals surface area (Å²) in [7, 11) is 1.57. The van der Waals surface area contributed by atoms with Crippen molar-refractivity contribution in [1.29, 1.82) is 0 Å². The van der Waals surface area contributed by atoms with Gasteiger partial charge in [-0.1, -0.05) is 0 Å². The number of aromatic nitrogens is 2. The number of hydrogen-bond acceptors (Lipinski definition) is 7. The number of methoxy groups -OCH3 is 1. The van der Waals surface area contributed by atoms with Crippen molar-refractivity contribution in [2.24, 2.45) is 0 Å². The van der Waals surface area contributed by atoms with Gasteiger partial charge in [-0.15, -0.1) is 11.3 Å². The summed E-state index contributed by atoms with van der Waals surface area (Å²) < 4.78 is 11.0. The molecule has 0 aliphatic carbocycles. The minimum absolute atomic E-state index is 0.150. The normalized spacial score (nSPS) is 20.7. The van der Waals surface area contributed by atoms with Gasteiger partial charge in [0.15, 0.2) is 5.13 Å². The first-order valence-electron chi connectivity index (χ1n) is 8.63. The van der Waals surface area contributed by atoms with E-state index in [1.807, 2.05) is 5.38 Å². The van der Waals surface area contributed by atoms with Crippen molar-refractivity contribution >= 4 is 22.4 Å². The van der Waals surface area contributed by atoms with E-state index in [0.29, 0.717) is 16.6 Å². The van der Waals surface area contributed by atoms with Crippen LogP contribution in [0.1, 0.15) is 25.2 Å². The van der Waals surface area contributed by atoms with Crippen LogP contribution in [0.25, 0.3) is 0 Å². The number of hydrogen-bond donors (Lipinski definition) is 1. The molecule has 2 aromatic heterocycles. The maximum absolute atomic E-state index is 12.3. The van der Waals surface area contributed by atoms with E-state index in [1.54, 1.807) is 25.4 Å². The van der Waals surface area contributed by atoms with Crippen LogP contribution in [0, 0.1) is 0 Å². The molecule has 0 radical (unpaired) electrons. The zero-order valence-electron chi connectivity index (χ0n) is 15.3. The second kappa shape index (κ2) is 8.57. The van der Waals surface area contributed by atoms with Gasteiger partial charge in [-0.3, -0.25) is 14.7 Å². The first-order chi connectivity index (χ1) is 12.5. The fourth-order valence-electron chi connectivity index (χ4n) is 3.14. The number of nitrogens with zero attached hydrogens (tertiary/aromatic N) is 3. The molecule has 2 unspecified atom stereocenters. The molecule has 1 aliphatic heterocycles. The van der Waals surface area contributed by atoms with Crippen LogP contribution in [0.4, 0.5) is 5.13 Å². The largest absolute Gasteiger partial charge is 0.495 e. The van der Waals surface area contributed by atoms with E-state index in [1.165, 1.54) is 11.3 Å². The number of morpholine rings is 1. The predicted octanol–water partition coefficient (Wildman–Crippen LogP) is 2.34. The number of rotatable bonds is 6. The number of amides is 1. The third-order valence-electron chi connectivity index (χ3n) is 4.08. The van der Waals surface area contributed by atoms with E-state index in [9.17, 15) is 4.79 Å². The highest BCUT2D eigenvalue weighted by atomic mass is 32.1. The Bertz CT molecular complexity index is 742. The molecular weight excluding hydrogens is 352 g/mol. The number of pyridine rings is 1. The van der Waals surface area contributed by atoms with Crippen molar-refractivity contribution in [1.82, 2.24) is 14.9 Å². The van der Waals surface area contributed by atoms with Crippen molar-refractivity contribution in [2.45, 2.75) is 39.0 Å². The molecule has 1 amide bonds. The lowest BCUT2D eigenvalue weighted by Gasteiger charge is -2.34. The van der Waals surface area contributed by atoms with Crippen LogP contribution in [0.15, 0.2) is 23.7 Å². The summed E-state index contributed by atoms with van der Waals surface area (Å²) in [6.45, 7) is 6.72. The fourth-order valence-corrected chi connectivity index (χ4v) is 3.85. The highest BCUT2D eigenvalue weighted by Crippen LogP contribution is 2.20. The molecule has 7 nitrogen and oxygen atoms in total. The highest BCUT2D eigenvalue weighted by Gasteiger charge is 2.22. The average Bonchev–Trinajstić information content (AvgIpc) is 3.01. The molecule has 26 heavy (non-hydrogen) atoms. The van der Waals surface area contributed by atoms with Gasteiger partial charge in [-0.05, 0) is 26.0 Å². The molecule has 2 aromatic rings. The first kappa shape index (κ1) is 18.8. The third-order valence-corrected chi connectivity index (χ3v) is 4.88. The number of nitrogens with one attached hydrogen (secondary N) is 1. The zero-order valence-corrected chi connectivity index (χ0v) is 16.1. The van der Waals surface area contributed by atoms with Crippen molar-refractivity contribution in [3.63, 3.8) is 0 Å². The minimum atomic E-state index is -0.156. The maximum Gasteiger partial charge on any atom is 0.232 e. The van der Waals surface area contributed by atoms with Gasteiger partial charge in [0.1, 0.15) is 5.75 Å². The minimum Gasteiger partial charge on any atom is -0.495 e. The third kappa shape index (κ3) is 5.00. The topological polar surface area (TPSA) is 76.6 Å². The van der Waals surface area contributed by atoms with Crippen molar-refractivity contribution in [2.75, 3.05) is 25.5 Å². The van der Waals surface area contributed by atoms with Crippen LogP contribution in [0.3, 0.4) is 0 Å². The van der Waals surface area contributed by atoms with Gasteiger partial charge in [-0.25, -0.2) is 4.98 Å². The molecule has 140 valence electrons. The molecule has 1 fully saturated rings. The van der Waals surface area contributed by atoms with Crippen molar-refractivity contribution in [3.8, 4) is 5.75 Å². The van der Waals surface area contributed by atoms with E-state index in [0.717, 1.165) is 25.3 Å². The van der Waals surface area contributed by atoms with Gasteiger partial charge in [0.05, 0.1) is 37.1 Å². The van der Waals surface area contributed by atoms with Crippen LogP contribution in [0.2, 0.25) is 0 Å². The molecule has 3 heterocycles. The second-order valence-corrected chi connectivity index (χ2v) is 7.33. The molecule has 2 atom stereocenters. The lowest BCUT2D eigenvalue weighted by molar-refractivity contribution is -0.115. The summed E-state index contributed by atoms with van der Waals surface area (Å²) in [5.41, 5.74) is 1.57. The number of anilines is 1. The van der Waals surface area contributed by atoms with Crippen LogP contribution in [-0.4, -0.2) is 53.2 Å². The summed E-state index contributed by atoms with van der Waals surface area (Å²) in [6, 6.07) is 3.57. The molecule has 1 aliphatic rings. The second-order valence-electron chi connectivity index (χ2n) is 6.47. The van der Waals surface area contributed by atoms with Crippen molar-refractivity contribution in [3.05, 3.63) is 35.1 Å². The Hall–Kier alpha value is -2.03. The Balaban J connectivity index is 1.55. The van der Waals surface area contributed by atoms with Gasteiger partial charge < -0.3 is 14.8 Å². The summed E-state index contributed by atoms with van der Waals surface area (Å²) in [4.78, 5) is 23.3. The Labute approximate surface area is 157 Å². The van der Waals surface area contributed by atoms with Gasteiger partial charge in [0.2, 0.25) is 5.91 Å². The van der Waals surface area contributed by atoms with Crippen LogP contribution in [0.5, 0.6) is 5.75 Å². The molecule has 3 rings (SSSR count). The van der Waals surface area contributed by atoms with Gasteiger partial charge >= 0.3 is 0 Å². The van der Waals surface area contributed by atoms with Gasteiger partial charge in [0.25, 0.3) is 0 Å². The Morgan fingerprint density at radius 2 is 2.19 bits per heavy atom. The Morgan fingerprint density at radius 3 is 2.92 bits per heavy atom. The molecule has 1 saturated heterocycles. The molecule has 8 heteroatoms. The monoisotopic (exact) mass is 376 g/mol. The Kier molecular flexibility index (Phi) is 6.18. The molecule has 0 saturated carbocycles. The van der Waals surface area contributed by atoms with Crippen LogP contribution in [-0.2, 0) is 22.5 Å². The lowest BCUT2D eigenvalue weighted by atomic mass is 10.2. The average molecular weight is 376 g/mol. The lowest BCUT2D eigenvalue weighted by Crippen LogP contribution is -2.44. The molecule has 0 spiro atoms. The standard InChI is InChI=1S/C18H24N4O3S/c1-12-8-22(9-13(2)25-12)10-14-11-26-18(20-14)21-17(23)7-15-16(24-3)5-4-6-19-15/h4-6,11-13H,7-10H2,1-3H3,(H,20,21,23). The van der Waals surface area contributed by atoms with E-state index in [2.05, 4.69) is 34.0 Å². The predicted molar refractivity (Wildman–Crippen MR) is 101 cm³/mol. The van der Waals surface area contributed by atoms with E-state index >= 15 is 0 Å². The van der Waals surface area contributed by atoms with Crippen LogP contribution < -0.4 is 10.1 Å². The van der Waals surface area contributed by atoms with Crippen molar-refractivity contribution < 1.29 is 14.3 Å². The van der Waals surface area contributed by atoms with E-state index < -0.39 is 0 Å². The van der Waals surface area contributed by atoms with E-state index in [-0.39, 0.29) is 24.5 Å². The summed E-state index contributed by atoms with van der Waals surface area (Å²) in [5, 5.41) is 5.44. The van der Waals surface area contributed by atoms with E-state index in [4.69, 9.17) is 9.47 Å². The maximum atomic E-state index is 12.3. The first-order valence-corrected chi connectivity index (χ1v) is 9.51. The zero-order chi connectivity index (χ0) is 18.5. The van der Waals surface area contributed by atoms with Gasteiger partial charge in [0, 0.05) is 31.2 Å². The number of ether oxygens (including phenoxy) is 2. The molecule has 1 N–H and O–H groups in total. The molecular formula is C18H24N4O3S. The smallest absolute Gasteiger partial charge is 0.232 e. The quantitative estimate of drug-likeness (QED) is 0.834. The summed E-state index contributed by atoms with van der Waals surface area (Å²) in [6.07, 6.45) is 2.25. The SMILES string of the molecule is COc1cccnc1CC(=O)Nc1nc(CN2CC(C)OC(C)C2)cs1. The highest BCUT2D eigenvalue weighted by molar-refractivity contribution is 7.13. The summed E-state index contributed by atoms with van der Waals surface area (Å²) >= 11 is 1.44. The fraction of sp³-hybridized carbons (Fsp3) is 0.500. The molecule has 0 aromatic carbocycles. The van der Waals surface area contributed by atoms with Crippen LogP contribution >= 0.6 is 11.3 Å². The molecule has 0 bridgehead atoms. The Morgan fingerprint density at radius 1 is 1.42 bits per heavy atom. The number of carbonyl (C=O) groups is 1. The summed E-state index contributed by atoms with van der Waals surface area (Å²) in [5.74, 6) is 0.453. The number of thiazole rings is 1. The van der Waals surface area contributed by atoms with Gasteiger partial charge in [-0.2, -0.15) is 0 Å².